The Balaban J connectivity index is 1.80. The van der Waals surface area contributed by atoms with E-state index in [9.17, 15) is 4.79 Å². The van der Waals surface area contributed by atoms with E-state index in [0.29, 0.717) is 17.0 Å². The molecule has 29 heavy (non-hydrogen) atoms. The molecule has 0 spiro atoms. The van der Waals surface area contributed by atoms with Crippen LogP contribution in [0.2, 0.25) is 0 Å². The Morgan fingerprint density at radius 2 is 1.62 bits per heavy atom. The summed E-state index contributed by atoms with van der Waals surface area (Å²) in [6.07, 6.45) is 0. The van der Waals surface area contributed by atoms with E-state index in [1.807, 2.05) is 75.4 Å². The number of carbonyl (C=O) groups excluding carboxylic acids is 1. The Morgan fingerprint density at radius 1 is 0.897 bits per heavy atom. The lowest BCUT2D eigenvalue weighted by atomic mass is 10.1. The molecular weight excluding hydrogens is 366 g/mol. The number of carbonyl (C=O) groups is 1. The molecule has 0 saturated carbocycles. The lowest BCUT2D eigenvalue weighted by Gasteiger charge is -2.19. The predicted molar refractivity (Wildman–Crippen MR) is 112 cm³/mol. The smallest absolute Gasteiger partial charge is 0.357 e. The van der Waals surface area contributed by atoms with Crippen molar-refractivity contribution in [3.05, 3.63) is 66.4 Å². The summed E-state index contributed by atoms with van der Waals surface area (Å²) < 4.78 is 17.6. The SMILES string of the molecule is CC(C)(C)OC(=O)c1cc2oc3ccccc3c2c(-c2cc3ccccc3o2)n1. The van der Waals surface area contributed by atoms with Crippen LogP contribution >= 0.6 is 0 Å². The lowest BCUT2D eigenvalue weighted by molar-refractivity contribution is 0.00630. The van der Waals surface area contributed by atoms with Gasteiger partial charge in [-0.1, -0.05) is 36.4 Å². The fraction of sp³-hybridized carbons (Fsp3) is 0.167. The van der Waals surface area contributed by atoms with Crippen molar-refractivity contribution in [1.82, 2.24) is 4.98 Å². The second-order valence-corrected chi connectivity index (χ2v) is 7.98. The summed E-state index contributed by atoms with van der Waals surface area (Å²) in [5.41, 5.74) is 2.17. The molecule has 0 fully saturated rings. The minimum Gasteiger partial charge on any atom is -0.456 e. The molecule has 0 radical (unpaired) electrons. The largest absolute Gasteiger partial charge is 0.456 e. The molecule has 0 aliphatic carbocycles. The zero-order chi connectivity index (χ0) is 20.2. The molecular formula is C24H19NO4. The number of esters is 1. The molecule has 0 amide bonds. The molecule has 3 heterocycles. The number of pyridine rings is 1. The third-order valence-corrected chi connectivity index (χ3v) is 4.63. The van der Waals surface area contributed by atoms with Crippen LogP contribution in [0, 0.1) is 0 Å². The fourth-order valence-corrected chi connectivity index (χ4v) is 3.45. The van der Waals surface area contributed by atoms with Gasteiger partial charge in [0.25, 0.3) is 0 Å². The highest BCUT2D eigenvalue weighted by Crippen LogP contribution is 2.38. The summed E-state index contributed by atoms with van der Waals surface area (Å²) in [7, 11) is 0. The first-order chi connectivity index (χ1) is 13.9. The maximum atomic E-state index is 12.7. The van der Waals surface area contributed by atoms with Gasteiger partial charge in [0.1, 0.15) is 28.0 Å². The number of nitrogens with zero attached hydrogens (tertiary/aromatic N) is 1. The van der Waals surface area contributed by atoms with Crippen molar-refractivity contribution >= 4 is 38.9 Å². The average molecular weight is 385 g/mol. The van der Waals surface area contributed by atoms with E-state index in [2.05, 4.69) is 4.98 Å². The molecule has 0 unspecified atom stereocenters. The van der Waals surface area contributed by atoms with Crippen LogP contribution in [-0.2, 0) is 4.74 Å². The van der Waals surface area contributed by atoms with Crippen molar-refractivity contribution < 1.29 is 18.4 Å². The summed E-state index contributed by atoms with van der Waals surface area (Å²) in [5.74, 6) is 0.0744. The van der Waals surface area contributed by atoms with Crippen LogP contribution in [0.1, 0.15) is 31.3 Å². The molecule has 5 rings (SSSR count). The monoisotopic (exact) mass is 385 g/mol. The van der Waals surface area contributed by atoms with Crippen LogP contribution in [-0.4, -0.2) is 16.6 Å². The zero-order valence-corrected chi connectivity index (χ0v) is 16.4. The van der Waals surface area contributed by atoms with Crippen LogP contribution < -0.4 is 0 Å². The average Bonchev–Trinajstić information content (AvgIpc) is 3.27. The molecule has 0 saturated heterocycles. The summed E-state index contributed by atoms with van der Waals surface area (Å²) in [6.45, 7) is 5.47. The molecule has 0 aliphatic rings. The standard InChI is InChI=1S/C24H19NO4/c1-24(2,3)29-23(26)16-13-19-21(15-9-5-7-11-18(15)28-19)22(25-16)20-12-14-8-4-6-10-17(14)27-20/h4-13H,1-3H3. The van der Waals surface area contributed by atoms with Gasteiger partial charge in [0, 0.05) is 16.8 Å². The number of furan rings is 2. The third kappa shape index (κ3) is 3.05. The minimum absolute atomic E-state index is 0.182. The molecule has 5 nitrogen and oxygen atoms in total. The van der Waals surface area contributed by atoms with Crippen LogP contribution in [0.15, 0.2) is 69.5 Å². The van der Waals surface area contributed by atoms with Gasteiger partial charge >= 0.3 is 5.97 Å². The number of para-hydroxylation sites is 2. The highest BCUT2D eigenvalue weighted by Gasteiger charge is 2.24. The number of hydrogen-bond donors (Lipinski definition) is 0. The van der Waals surface area contributed by atoms with Gasteiger partial charge in [0.15, 0.2) is 11.5 Å². The van der Waals surface area contributed by atoms with E-state index in [0.717, 1.165) is 27.3 Å². The number of hydrogen-bond acceptors (Lipinski definition) is 5. The Kier molecular flexibility index (Phi) is 3.74. The van der Waals surface area contributed by atoms with Gasteiger partial charge in [-0.3, -0.25) is 0 Å². The Morgan fingerprint density at radius 3 is 2.38 bits per heavy atom. The number of aromatic nitrogens is 1. The van der Waals surface area contributed by atoms with Crippen molar-refractivity contribution in [3.63, 3.8) is 0 Å². The number of fused-ring (bicyclic) bond motifs is 4. The molecule has 144 valence electrons. The van der Waals surface area contributed by atoms with Crippen molar-refractivity contribution in [1.29, 1.82) is 0 Å². The zero-order valence-electron chi connectivity index (χ0n) is 16.4. The van der Waals surface area contributed by atoms with E-state index < -0.39 is 11.6 Å². The number of ether oxygens (including phenoxy) is 1. The first-order valence-corrected chi connectivity index (χ1v) is 9.44. The minimum atomic E-state index is -0.624. The van der Waals surface area contributed by atoms with Crippen molar-refractivity contribution in [2.24, 2.45) is 0 Å². The van der Waals surface area contributed by atoms with Crippen molar-refractivity contribution in [2.45, 2.75) is 26.4 Å². The molecule has 0 aliphatic heterocycles. The highest BCUT2D eigenvalue weighted by atomic mass is 16.6. The molecule has 0 N–H and O–H groups in total. The number of benzene rings is 2. The van der Waals surface area contributed by atoms with E-state index in [1.54, 1.807) is 6.07 Å². The first kappa shape index (κ1) is 17.5. The van der Waals surface area contributed by atoms with E-state index >= 15 is 0 Å². The molecule has 0 atom stereocenters. The molecule has 3 aromatic heterocycles. The third-order valence-electron chi connectivity index (χ3n) is 4.63. The molecule has 5 heteroatoms. The summed E-state index contributed by atoms with van der Waals surface area (Å²) >= 11 is 0. The first-order valence-electron chi connectivity index (χ1n) is 9.44. The quantitative estimate of drug-likeness (QED) is 0.331. The molecule has 2 aromatic carbocycles. The lowest BCUT2D eigenvalue weighted by Crippen LogP contribution is -2.24. The van der Waals surface area contributed by atoms with Gasteiger partial charge in [-0.05, 0) is 39.0 Å². The normalized spacial score (nSPS) is 12.1. The van der Waals surface area contributed by atoms with Gasteiger partial charge in [-0.15, -0.1) is 0 Å². The number of rotatable bonds is 2. The summed E-state index contributed by atoms with van der Waals surface area (Å²) in [6, 6.07) is 19.0. The van der Waals surface area contributed by atoms with Gasteiger partial charge in [-0.2, -0.15) is 0 Å². The Labute approximate surface area is 166 Å². The van der Waals surface area contributed by atoms with Gasteiger partial charge in [-0.25, -0.2) is 9.78 Å². The summed E-state index contributed by atoms with van der Waals surface area (Å²) in [5, 5.41) is 2.70. The topological polar surface area (TPSA) is 65.5 Å². The van der Waals surface area contributed by atoms with Crippen LogP contribution in [0.4, 0.5) is 0 Å². The van der Waals surface area contributed by atoms with Gasteiger partial charge in [0.05, 0.1) is 5.39 Å². The van der Waals surface area contributed by atoms with Crippen LogP contribution in [0.3, 0.4) is 0 Å². The van der Waals surface area contributed by atoms with E-state index in [4.69, 9.17) is 13.6 Å². The Hall–Kier alpha value is -3.60. The van der Waals surface area contributed by atoms with E-state index in [-0.39, 0.29) is 5.69 Å². The fourth-order valence-electron chi connectivity index (χ4n) is 3.45. The highest BCUT2D eigenvalue weighted by molar-refractivity contribution is 6.12. The van der Waals surface area contributed by atoms with Crippen LogP contribution in [0.25, 0.3) is 44.4 Å². The second kappa shape index (κ2) is 6.21. The molecule has 5 aromatic rings. The van der Waals surface area contributed by atoms with Crippen molar-refractivity contribution in [2.75, 3.05) is 0 Å². The second-order valence-electron chi connectivity index (χ2n) is 7.98. The predicted octanol–water partition coefficient (Wildman–Crippen LogP) is 6.35. The summed E-state index contributed by atoms with van der Waals surface area (Å²) in [4.78, 5) is 17.4. The van der Waals surface area contributed by atoms with Crippen LogP contribution in [0.5, 0.6) is 0 Å². The van der Waals surface area contributed by atoms with Gasteiger partial charge in [0.2, 0.25) is 0 Å². The maximum absolute atomic E-state index is 12.7. The Bertz CT molecular complexity index is 1350. The van der Waals surface area contributed by atoms with Gasteiger partial charge < -0.3 is 13.6 Å². The van der Waals surface area contributed by atoms with Crippen molar-refractivity contribution in [3.8, 4) is 11.5 Å². The van der Waals surface area contributed by atoms with E-state index in [1.165, 1.54) is 0 Å². The maximum Gasteiger partial charge on any atom is 0.357 e. The molecule has 0 bridgehead atoms.